The lowest BCUT2D eigenvalue weighted by molar-refractivity contribution is -0.697. The van der Waals surface area contributed by atoms with Crippen LogP contribution in [-0.2, 0) is 19.4 Å². The Hall–Kier alpha value is -0.850. The predicted molar refractivity (Wildman–Crippen MR) is 83.4 cm³/mol. The lowest BCUT2D eigenvalue weighted by Crippen LogP contribution is -2.34. The summed E-state index contributed by atoms with van der Waals surface area (Å²) in [6.45, 7) is 7.97. The number of hydrogen-bond acceptors (Lipinski definition) is 0. The van der Waals surface area contributed by atoms with Crippen LogP contribution in [0.5, 0.6) is 0 Å². The van der Waals surface area contributed by atoms with Crippen LogP contribution in [0.1, 0.15) is 76.8 Å². The van der Waals surface area contributed by atoms with Gasteiger partial charge in [-0.2, -0.15) is 0 Å². The minimum atomic E-state index is 1.16. The van der Waals surface area contributed by atoms with E-state index in [9.17, 15) is 0 Å². The topological polar surface area (TPSA) is 3.88 Å². The second-order valence-electron chi connectivity index (χ2n) is 5.70. The largest absolute Gasteiger partial charge is 0.205 e. The molecule has 0 aromatic carbocycles. The fourth-order valence-corrected chi connectivity index (χ4v) is 2.59. The van der Waals surface area contributed by atoms with Gasteiger partial charge in [0, 0.05) is 17.5 Å². The van der Waals surface area contributed by atoms with Crippen molar-refractivity contribution in [3.05, 3.63) is 29.6 Å². The molecule has 0 N–H and O–H groups in total. The third-order valence-corrected chi connectivity index (χ3v) is 3.65. The lowest BCUT2D eigenvalue weighted by atomic mass is 10.0. The quantitative estimate of drug-likeness (QED) is 0.419. The Morgan fingerprint density at radius 2 is 1.26 bits per heavy atom. The van der Waals surface area contributed by atoms with Crippen LogP contribution in [0, 0.1) is 0 Å². The van der Waals surface area contributed by atoms with Gasteiger partial charge in [-0.15, -0.1) is 0 Å². The molecule has 0 radical (unpaired) electrons. The molecule has 0 unspecified atom stereocenters. The highest BCUT2D eigenvalue weighted by atomic mass is 14.9. The van der Waals surface area contributed by atoms with Crippen molar-refractivity contribution in [3.63, 3.8) is 0 Å². The molecule has 0 fully saturated rings. The molecule has 1 nitrogen and oxygen atoms in total. The van der Waals surface area contributed by atoms with E-state index in [0.29, 0.717) is 0 Å². The van der Waals surface area contributed by atoms with E-state index in [2.05, 4.69) is 43.8 Å². The lowest BCUT2D eigenvalue weighted by Gasteiger charge is -2.05. The van der Waals surface area contributed by atoms with E-state index in [1.165, 1.54) is 68.9 Å². The zero-order valence-electron chi connectivity index (χ0n) is 13.3. The molecule has 19 heavy (non-hydrogen) atoms. The van der Waals surface area contributed by atoms with Crippen LogP contribution in [-0.4, -0.2) is 0 Å². The smallest absolute Gasteiger partial charge is 0.171 e. The Kier molecular flexibility index (Phi) is 8.53. The zero-order valence-corrected chi connectivity index (χ0v) is 13.3. The van der Waals surface area contributed by atoms with Gasteiger partial charge in [0.05, 0.1) is 0 Å². The third kappa shape index (κ3) is 6.75. The van der Waals surface area contributed by atoms with Crippen molar-refractivity contribution in [1.29, 1.82) is 0 Å². The molecule has 1 heterocycles. The number of aromatic nitrogens is 1. The maximum absolute atomic E-state index is 2.44. The second kappa shape index (κ2) is 10.00. The molecular formula is C18H32N+. The van der Waals surface area contributed by atoms with Crippen LogP contribution < -0.4 is 4.57 Å². The average Bonchev–Trinajstić information content (AvgIpc) is 2.40. The molecule has 1 aromatic rings. The van der Waals surface area contributed by atoms with Crippen molar-refractivity contribution in [3.8, 4) is 0 Å². The van der Waals surface area contributed by atoms with Crippen LogP contribution >= 0.6 is 0 Å². The number of nitrogens with zero attached hydrogens (tertiary/aromatic N) is 1. The standard InChI is InChI=1S/C18H32N/c1-4-7-9-11-17-14-18(12-10-8-5-2)16-19(15-17)13-6-3/h14-16H,4-13H2,1-3H3/q+1. The summed E-state index contributed by atoms with van der Waals surface area (Å²) < 4.78 is 2.41. The highest BCUT2D eigenvalue weighted by Gasteiger charge is 2.07. The van der Waals surface area contributed by atoms with E-state index in [1.807, 2.05) is 0 Å². The van der Waals surface area contributed by atoms with Gasteiger partial charge in [-0.05, 0) is 31.7 Å². The summed E-state index contributed by atoms with van der Waals surface area (Å²) in [5.74, 6) is 0. The number of unbranched alkanes of at least 4 members (excludes halogenated alkanes) is 4. The Morgan fingerprint density at radius 3 is 1.68 bits per heavy atom. The molecule has 108 valence electrons. The molecule has 0 amide bonds. The summed E-state index contributed by atoms with van der Waals surface area (Å²) in [6, 6.07) is 2.44. The zero-order chi connectivity index (χ0) is 13.9. The van der Waals surface area contributed by atoms with Crippen molar-refractivity contribution < 1.29 is 4.57 Å². The fraction of sp³-hybridized carbons (Fsp3) is 0.722. The summed E-state index contributed by atoms with van der Waals surface area (Å²) in [6.07, 6.45) is 16.4. The average molecular weight is 262 g/mol. The van der Waals surface area contributed by atoms with Crippen LogP contribution in [0.25, 0.3) is 0 Å². The van der Waals surface area contributed by atoms with E-state index in [1.54, 1.807) is 0 Å². The predicted octanol–water partition coefficient (Wildman–Crippen LogP) is 4.85. The van der Waals surface area contributed by atoms with Crippen LogP contribution in [0.3, 0.4) is 0 Å². The van der Waals surface area contributed by atoms with Gasteiger partial charge in [-0.25, -0.2) is 4.57 Å². The maximum atomic E-state index is 2.44. The summed E-state index contributed by atoms with van der Waals surface area (Å²) in [5, 5.41) is 0. The Bertz CT molecular complexity index is 315. The minimum absolute atomic E-state index is 1.16. The first-order chi connectivity index (χ1) is 9.30. The van der Waals surface area contributed by atoms with E-state index in [-0.39, 0.29) is 0 Å². The molecule has 1 rings (SSSR count). The first-order valence-electron chi connectivity index (χ1n) is 8.32. The number of hydrogen-bond donors (Lipinski definition) is 0. The summed E-state index contributed by atoms with van der Waals surface area (Å²) in [4.78, 5) is 0. The van der Waals surface area contributed by atoms with Crippen molar-refractivity contribution in [2.24, 2.45) is 0 Å². The minimum Gasteiger partial charge on any atom is -0.205 e. The van der Waals surface area contributed by atoms with Crippen molar-refractivity contribution >= 4 is 0 Å². The summed E-state index contributed by atoms with van der Waals surface area (Å²) >= 11 is 0. The molecule has 1 aromatic heterocycles. The van der Waals surface area contributed by atoms with E-state index in [4.69, 9.17) is 0 Å². The molecule has 0 aliphatic heterocycles. The van der Waals surface area contributed by atoms with Gasteiger partial charge in [0.25, 0.3) is 0 Å². The molecule has 0 saturated heterocycles. The van der Waals surface area contributed by atoms with Gasteiger partial charge >= 0.3 is 0 Å². The normalized spacial score (nSPS) is 10.9. The van der Waals surface area contributed by atoms with Crippen LogP contribution in [0.2, 0.25) is 0 Å². The highest BCUT2D eigenvalue weighted by Crippen LogP contribution is 2.10. The SMILES string of the molecule is CCCCCc1cc(CCCCC)c[n+](CCC)c1. The number of aryl methyl sites for hydroxylation is 3. The van der Waals surface area contributed by atoms with E-state index < -0.39 is 0 Å². The molecular weight excluding hydrogens is 230 g/mol. The Morgan fingerprint density at radius 1 is 0.737 bits per heavy atom. The molecule has 0 aliphatic carbocycles. The number of pyridine rings is 1. The first kappa shape index (κ1) is 16.2. The molecule has 0 bridgehead atoms. The summed E-state index contributed by atoms with van der Waals surface area (Å²) in [5.41, 5.74) is 3.08. The summed E-state index contributed by atoms with van der Waals surface area (Å²) in [7, 11) is 0. The van der Waals surface area contributed by atoms with Gasteiger partial charge in [-0.3, -0.25) is 0 Å². The van der Waals surface area contributed by atoms with Gasteiger partial charge in [0.1, 0.15) is 6.54 Å². The molecule has 0 saturated carbocycles. The molecule has 0 atom stereocenters. The van der Waals surface area contributed by atoms with Gasteiger partial charge in [0.2, 0.25) is 0 Å². The van der Waals surface area contributed by atoms with Crippen LogP contribution in [0.4, 0.5) is 0 Å². The monoisotopic (exact) mass is 262 g/mol. The van der Waals surface area contributed by atoms with E-state index in [0.717, 1.165) is 6.54 Å². The number of rotatable bonds is 10. The van der Waals surface area contributed by atoms with Crippen molar-refractivity contribution in [1.82, 2.24) is 0 Å². The molecule has 0 aliphatic rings. The first-order valence-corrected chi connectivity index (χ1v) is 8.32. The van der Waals surface area contributed by atoms with Crippen molar-refractivity contribution in [2.75, 3.05) is 0 Å². The Labute approximate surface area is 120 Å². The molecule has 0 spiro atoms. The van der Waals surface area contributed by atoms with E-state index >= 15 is 0 Å². The fourth-order valence-electron chi connectivity index (χ4n) is 2.59. The van der Waals surface area contributed by atoms with Gasteiger partial charge in [0.15, 0.2) is 12.4 Å². The Balaban J connectivity index is 2.66. The second-order valence-corrected chi connectivity index (χ2v) is 5.70. The van der Waals surface area contributed by atoms with Crippen molar-refractivity contribution in [2.45, 2.75) is 85.1 Å². The third-order valence-electron chi connectivity index (χ3n) is 3.65. The van der Waals surface area contributed by atoms with Crippen LogP contribution in [0.15, 0.2) is 18.5 Å². The highest BCUT2D eigenvalue weighted by molar-refractivity contribution is 5.15. The van der Waals surface area contributed by atoms with Gasteiger partial charge < -0.3 is 0 Å². The maximum Gasteiger partial charge on any atom is 0.171 e. The molecule has 1 heteroatoms. The van der Waals surface area contributed by atoms with Gasteiger partial charge in [-0.1, -0.05) is 46.5 Å².